The lowest BCUT2D eigenvalue weighted by Gasteiger charge is -2.47. The van der Waals surface area contributed by atoms with E-state index < -0.39 is 42.0 Å². The van der Waals surface area contributed by atoms with Crippen LogP contribution in [0, 0.1) is 6.92 Å². The Morgan fingerprint density at radius 1 is 1.35 bits per heavy atom. The van der Waals surface area contributed by atoms with E-state index in [0.717, 1.165) is 5.56 Å². The maximum absolute atomic E-state index is 11.4. The number of aliphatic hydroxyl groups excluding tert-OH is 3. The molecule has 1 aromatic rings. The molecule has 0 radical (unpaired) electrons. The van der Waals surface area contributed by atoms with E-state index in [2.05, 4.69) is 17.9 Å². The first-order chi connectivity index (χ1) is 10.8. The number of aliphatic hydroxyl groups is 3. The van der Waals surface area contributed by atoms with Crippen molar-refractivity contribution in [2.75, 3.05) is 6.61 Å². The number of carbonyl (C=O) groups excluding carboxylic acids is 1. The summed E-state index contributed by atoms with van der Waals surface area (Å²) in [5.74, 6) is -0.0422. The lowest BCUT2D eigenvalue weighted by atomic mass is 9.96. The van der Waals surface area contributed by atoms with Gasteiger partial charge in [0.1, 0.15) is 30.1 Å². The Labute approximate surface area is 139 Å². The smallest absolute Gasteiger partial charge is 0.281 e. The van der Waals surface area contributed by atoms with Crippen LogP contribution in [0.25, 0.3) is 0 Å². The first-order valence-electron chi connectivity index (χ1n) is 7.17. The molecule has 1 aliphatic heterocycles. The van der Waals surface area contributed by atoms with Gasteiger partial charge in [0.05, 0.1) is 6.61 Å². The number of ether oxygens (including phenoxy) is 2. The van der Waals surface area contributed by atoms with Gasteiger partial charge in [0, 0.05) is 6.92 Å². The van der Waals surface area contributed by atoms with E-state index >= 15 is 0 Å². The Balaban J connectivity index is 2.31. The van der Waals surface area contributed by atoms with Crippen molar-refractivity contribution in [3.63, 3.8) is 0 Å². The molecule has 8 heteroatoms. The van der Waals surface area contributed by atoms with Crippen LogP contribution < -0.4 is 10.1 Å². The van der Waals surface area contributed by atoms with Gasteiger partial charge in [-0.3, -0.25) is 4.79 Å². The fourth-order valence-corrected chi connectivity index (χ4v) is 2.85. The van der Waals surface area contributed by atoms with Crippen LogP contribution in [0.5, 0.6) is 5.75 Å². The van der Waals surface area contributed by atoms with Crippen molar-refractivity contribution >= 4 is 18.5 Å². The predicted molar refractivity (Wildman–Crippen MR) is 85.1 cm³/mol. The lowest BCUT2D eigenvalue weighted by Crippen LogP contribution is -2.70. The minimum atomic E-state index is -1.76. The third kappa shape index (κ3) is 3.96. The third-order valence-corrected chi connectivity index (χ3v) is 4.08. The van der Waals surface area contributed by atoms with Gasteiger partial charge >= 0.3 is 0 Å². The Hall–Kier alpha value is -1.32. The molecule has 0 aromatic heterocycles. The number of amides is 1. The summed E-state index contributed by atoms with van der Waals surface area (Å²) >= 11 is 4.33. The zero-order valence-electron chi connectivity index (χ0n) is 12.8. The summed E-state index contributed by atoms with van der Waals surface area (Å²) in [5, 5.41) is 30.3. The number of hydrogen-bond acceptors (Lipinski definition) is 7. The monoisotopic (exact) mass is 343 g/mol. The van der Waals surface area contributed by atoms with Crippen LogP contribution in [0.2, 0.25) is 0 Å². The molecule has 1 unspecified atom stereocenters. The molecule has 1 aliphatic rings. The predicted octanol–water partition coefficient (Wildman–Crippen LogP) is -0.425. The Morgan fingerprint density at radius 3 is 2.48 bits per heavy atom. The van der Waals surface area contributed by atoms with Gasteiger partial charge in [0.2, 0.25) is 5.91 Å². The largest absolute Gasteiger partial charge is 0.451 e. The van der Waals surface area contributed by atoms with Crippen LogP contribution in [-0.4, -0.2) is 57.3 Å². The molecule has 128 valence electrons. The second-order valence-electron chi connectivity index (χ2n) is 5.54. The number of benzene rings is 1. The van der Waals surface area contributed by atoms with Crippen molar-refractivity contribution in [3.05, 3.63) is 29.8 Å². The van der Waals surface area contributed by atoms with Crippen molar-refractivity contribution in [2.45, 2.75) is 43.3 Å². The van der Waals surface area contributed by atoms with Gasteiger partial charge in [-0.2, -0.15) is 0 Å². The fraction of sp³-hybridized carbons (Fsp3) is 0.533. The molecule has 5 atom stereocenters. The van der Waals surface area contributed by atoms with Gasteiger partial charge in [-0.1, -0.05) is 30.3 Å². The quantitative estimate of drug-likeness (QED) is 0.375. The zero-order valence-corrected chi connectivity index (χ0v) is 13.7. The average molecular weight is 343 g/mol. The van der Waals surface area contributed by atoms with Gasteiger partial charge in [0.25, 0.3) is 5.12 Å². The lowest BCUT2D eigenvalue weighted by molar-refractivity contribution is -0.261. The Morgan fingerprint density at radius 2 is 1.96 bits per heavy atom. The number of hydrogen-bond donors (Lipinski definition) is 5. The number of nitrogens with one attached hydrogen (secondary N) is 1. The fourth-order valence-electron chi connectivity index (χ4n) is 2.40. The van der Waals surface area contributed by atoms with Crippen molar-refractivity contribution < 1.29 is 29.6 Å². The molecule has 1 saturated heterocycles. The third-order valence-electron chi connectivity index (χ3n) is 3.61. The summed E-state index contributed by atoms with van der Waals surface area (Å²) in [6.45, 7) is 2.64. The van der Waals surface area contributed by atoms with E-state index in [0.29, 0.717) is 5.75 Å². The van der Waals surface area contributed by atoms with Crippen LogP contribution in [0.1, 0.15) is 12.5 Å². The number of aryl methyl sites for hydroxylation is 1. The SMILES string of the molecule is CC(=O)N[C@@H]1[C@@H](O)C(O)[C@@H](CO)O[C@]1(S)Oc1ccc(C)cc1. The standard InChI is InChI=1S/C15H21NO6S/c1-8-3-5-10(6-4-8)21-15(23)14(16-9(2)18)13(20)12(19)11(7-17)22-15/h3-6,11-14,17,19-20,23H,7H2,1-2H3,(H,16,18)/t11-,12?,13+,14-,15-/m1/s1. The van der Waals surface area contributed by atoms with Gasteiger partial charge in [-0.25, -0.2) is 0 Å². The van der Waals surface area contributed by atoms with Crippen LogP contribution in [0.3, 0.4) is 0 Å². The second kappa shape index (κ2) is 7.06. The molecular formula is C15H21NO6S. The van der Waals surface area contributed by atoms with E-state index in [4.69, 9.17) is 9.47 Å². The molecule has 1 fully saturated rings. The first-order valence-corrected chi connectivity index (χ1v) is 7.61. The van der Waals surface area contributed by atoms with Crippen molar-refractivity contribution in [1.82, 2.24) is 5.32 Å². The van der Waals surface area contributed by atoms with E-state index in [9.17, 15) is 20.1 Å². The normalized spacial score (nSPS) is 34.0. The van der Waals surface area contributed by atoms with Crippen LogP contribution in [-0.2, 0) is 9.53 Å². The minimum Gasteiger partial charge on any atom is -0.451 e. The van der Waals surface area contributed by atoms with Crippen molar-refractivity contribution in [3.8, 4) is 5.75 Å². The molecule has 0 saturated carbocycles. The van der Waals surface area contributed by atoms with Crippen LogP contribution in [0.15, 0.2) is 24.3 Å². The molecular weight excluding hydrogens is 322 g/mol. The Kier molecular flexibility index (Phi) is 5.53. The summed E-state index contributed by atoms with van der Waals surface area (Å²) in [6, 6.07) is 5.87. The highest BCUT2D eigenvalue weighted by atomic mass is 32.1. The Bertz CT molecular complexity index is 553. The van der Waals surface area contributed by atoms with Gasteiger partial charge in [-0.15, -0.1) is 0 Å². The summed E-state index contributed by atoms with van der Waals surface area (Å²) in [4.78, 5) is 11.4. The molecule has 1 amide bonds. The topological polar surface area (TPSA) is 108 Å². The van der Waals surface area contributed by atoms with E-state index in [-0.39, 0.29) is 0 Å². The molecule has 7 nitrogen and oxygen atoms in total. The highest BCUT2D eigenvalue weighted by Crippen LogP contribution is 2.35. The van der Waals surface area contributed by atoms with E-state index in [1.807, 2.05) is 19.1 Å². The van der Waals surface area contributed by atoms with Gasteiger partial charge in [-0.05, 0) is 19.1 Å². The van der Waals surface area contributed by atoms with Crippen LogP contribution >= 0.6 is 12.6 Å². The summed E-state index contributed by atoms with van der Waals surface area (Å²) in [6.07, 6.45) is -3.91. The number of carbonyl (C=O) groups is 1. The molecule has 4 N–H and O–H groups in total. The van der Waals surface area contributed by atoms with Gasteiger partial charge < -0.3 is 30.1 Å². The highest BCUT2D eigenvalue weighted by Gasteiger charge is 2.54. The van der Waals surface area contributed by atoms with Crippen molar-refractivity contribution in [2.24, 2.45) is 0 Å². The van der Waals surface area contributed by atoms with E-state index in [1.165, 1.54) is 6.92 Å². The molecule has 1 heterocycles. The maximum atomic E-state index is 11.4. The average Bonchev–Trinajstić information content (AvgIpc) is 2.50. The first kappa shape index (κ1) is 18.0. The molecule has 0 aliphatic carbocycles. The zero-order chi connectivity index (χ0) is 17.2. The molecule has 0 bridgehead atoms. The van der Waals surface area contributed by atoms with Crippen LogP contribution in [0.4, 0.5) is 0 Å². The summed E-state index contributed by atoms with van der Waals surface area (Å²) in [5.41, 5.74) is 1.03. The number of thiol groups is 1. The van der Waals surface area contributed by atoms with Gasteiger partial charge in [0.15, 0.2) is 0 Å². The van der Waals surface area contributed by atoms with Crippen molar-refractivity contribution in [1.29, 1.82) is 0 Å². The molecule has 2 rings (SSSR count). The minimum absolute atomic E-state index is 0.404. The molecule has 1 aromatic carbocycles. The van der Waals surface area contributed by atoms with E-state index in [1.54, 1.807) is 12.1 Å². The molecule has 23 heavy (non-hydrogen) atoms. The molecule has 0 spiro atoms. The maximum Gasteiger partial charge on any atom is 0.281 e. The second-order valence-corrected chi connectivity index (χ2v) is 6.17. The summed E-state index contributed by atoms with van der Waals surface area (Å²) in [7, 11) is 0. The number of rotatable bonds is 4. The summed E-state index contributed by atoms with van der Waals surface area (Å²) < 4.78 is 11.2. The highest BCUT2D eigenvalue weighted by molar-refractivity contribution is 7.81.